The number of carbonyl (C=O) groups excluding carboxylic acids is 1. The van der Waals surface area contributed by atoms with Gasteiger partial charge in [0.25, 0.3) is 0 Å². The van der Waals surface area contributed by atoms with Gasteiger partial charge in [0.2, 0.25) is 0 Å². The first-order valence-corrected chi connectivity index (χ1v) is 8.50. The average Bonchev–Trinajstić information content (AvgIpc) is 2.61. The Balaban J connectivity index is 1.76. The lowest BCUT2D eigenvalue weighted by Gasteiger charge is -2.52. The van der Waals surface area contributed by atoms with E-state index in [0.717, 1.165) is 17.0 Å². The fourth-order valence-electron chi connectivity index (χ4n) is 3.59. The zero-order valence-corrected chi connectivity index (χ0v) is 14.8. The molecule has 4 rings (SSSR count). The maximum absolute atomic E-state index is 11.8. The van der Waals surface area contributed by atoms with Crippen LogP contribution in [0.4, 0.5) is 5.69 Å². The van der Waals surface area contributed by atoms with Crippen LogP contribution < -0.4 is 15.0 Å². The van der Waals surface area contributed by atoms with E-state index >= 15 is 0 Å². The standard InChI is InChI=1S/C19H18N2O3S/c1-19-11-15(20-18(25)21(19)13-6-4-3-5-7-13)14-10-12(17(22)23-2)8-9-16(14)24-19/h3-10,15H,11H2,1-2H3,(H,20,25)/t15-,19-/m1/s1. The second-order valence-electron chi connectivity index (χ2n) is 6.40. The number of ether oxygens (including phenoxy) is 2. The van der Waals surface area contributed by atoms with Crippen molar-refractivity contribution in [1.82, 2.24) is 5.32 Å². The minimum atomic E-state index is -0.589. The van der Waals surface area contributed by atoms with Gasteiger partial charge in [-0.25, -0.2) is 4.79 Å². The van der Waals surface area contributed by atoms with Crippen molar-refractivity contribution in [2.75, 3.05) is 12.0 Å². The van der Waals surface area contributed by atoms with Crippen molar-refractivity contribution < 1.29 is 14.3 Å². The fourth-order valence-corrected chi connectivity index (χ4v) is 4.03. The van der Waals surface area contributed by atoms with Gasteiger partial charge in [0.1, 0.15) is 5.75 Å². The lowest BCUT2D eigenvalue weighted by Crippen LogP contribution is -2.65. The highest BCUT2D eigenvalue weighted by atomic mass is 32.1. The Morgan fingerprint density at radius 3 is 2.80 bits per heavy atom. The smallest absolute Gasteiger partial charge is 0.337 e. The Morgan fingerprint density at radius 2 is 2.08 bits per heavy atom. The highest BCUT2D eigenvalue weighted by molar-refractivity contribution is 7.80. The lowest BCUT2D eigenvalue weighted by atomic mass is 9.89. The molecule has 1 fully saturated rings. The van der Waals surface area contributed by atoms with E-state index in [9.17, 15) is 4.79 Å². The van der Waals surface area contributed by atoms with Crippen LogP contribution in [0.5, 0.6) is 5.75 Å². The Morgan fingerprint density at radius 1 is 1.32 bits per heavy atom. The van der Waals surface area contributed by atoms with E-state index in [4.69, 9.17) is 21.7 Å². The van der Waals surface area contributed by atoms with Crippen LogP contribution in [-0.4, -0.2) is 23.9 Å². The molecule has 2 aromatic carbocycles. The van der Waals surface area contributed by atoms with E-state index in [0.29, 0.717) is 17.1 Å². The predicted octanol–water partition coefficient (Wildman–Crippen LogP) is 3.41. The maximum atomic E-state index is 11.8. The Labute approximate surface area is 151 Å². The molecule has 0 amide bonds. The average molecular weight is 354 g/mol. The number of esters is 1. The van der Waals surface area contributed by atoms with Gasteiger partial charge in [0.05, 0.1) is 18.7 Å². The molecular weight excluding hydrogens is 336 g/mol. The summed E-state index contributed by atoms with van der Waals surface area (Å²) in [6.45, 7) is 2.04. The zero-order valence-electron chi connectivity index (χ0n) is 14.0. The molecule has 2 aromatic rings. The summed E-state index contributed by atoms with van der Waals surface area (Å²) in [4.78, 5) is 13.8. The Hall–Kier alpha value is -2.60. The molecule has 2 bridgehead atoms. The molecule has 1 N–H and O–H groups in total. The van der Waals surface area contributed by atoms with Gasteiger partial charge in [-0.1, -0.05) is 18.2 Å². The van der Waals surface area contributed by atoms with Crippen molar-refractivity contribution in [2.24, 2.45) is 0 Å². The normalized spacial score (nSPS) is 24.0. The third kappa shape index (κ3) is 2.53. The first-order valence-electron chi connectivity index (χ1n) is 8.09. The number of hydrogen-bond acceptors (Lipinski definition) is 4. The van der Waals surface area contributed by atoms with Gasteiger partial charge in [-0.2, -0.15) is 0 Å². The van der Waals surface area contributed by atoms with Crippen molar-refractivity contribution in [3.63, 3.8) is 0 Å². The summed E-state index contributed by atoms with van der Waals surface area (Å²) in [5, 5.41) is 4.00. The van der Waals surface area contributed by atoms with Gasteiger partial charge in [0.15, 0.2) is 10.8 Å². The van der Waals surface area contributed by atoms with E-state index in [1.54, 1.807) is 6.07 Å². The van der Waals surface area contributed by atoms with Crippen LogP contribution in [0.1, 0.15) is 35.3 Å². The third-order valence-electron chi connectivity index (χ3n) is 4.71. The molecule has 0 aromatic heterocycles. The number of para-hydroxylation sites is 1. The third-order valence-corrected chi connectivity index (χ3v) is 5.01. The molecule has 0 saturated carbocycles. The molecule has 0 radical (unpaired) electrons. The summed E-state index contributed by atoms with van der Waals surface area (Å²) in [6, 6.07) is 15.3. The minimum absolute atomic E-state index is 0.00850. The summed E-state index contributed by atoms with van der Waals surface area (Å²) < 4.78 is 11.2. The lowest BCUT2D eigenvalue weighted by molar-refractivity contribution is 0.0494. The molecule has 6 heteroatoms. The number of hydrogen-bond donors (Lipinski definition) is 1. The first-order chi connectivity index (χ1) is 12.0. The molecule has 0 unspecified atom stereocenters. The largest absolute Gasteiger partial charge is 0.467 e. The highest BCUT2D eigenvalue weighted by Gasteiger charge is 2.48. The van der Waals surface area contributed by atoms with Crippen LogP contribution in [0.25, 0.3) is 0 Å². The van der Waals surface area contributed by atoms with E-state index in [2.05, 4.69) is 5.32 Å². The number of benzene rings is 2. The van der Waals surface area contributed by atoms with E-state index < -0.39 is 5.72 Å². The Kier molecular flexibility index (Phi) is 3.65. The topological polar surface area (TPSA) is 50.8 Å². The minimum Gasteiger partial charge on any atom is -0.467 e. The van der Waals surface area contributed by atoms with Gasteiger partial charge in [0, 0.05) is 17.7 Å². The molecule has 0 aliphatic carbocycles. The molecule has 25 heavy (non-hydrogen) atoms. The molecular formula is C19H18N2O3S. The fraction of sp³-hybridized carbons (Fsp3) is 0.263. The van der Waals surface area contributed by atoms with Crippen LogP contribution in [-0.2, 0) is 4.74 Å². The van der Waals surface area contributed by atoms with Gasteiger partial charge in [-0.05, 0) is 49.5 Å². The highest BCUT2D eigenvalue weighted by Crippen LogP contribution is 2.45. The number of anilines is 1. The summed E-state index contributed by atoms with van der Waals surface area (Å²) in [7, 11) is 1.38. The van der Waals surface area contributed by atoms with Crippen molar-refractivity contribution in [2.45, 2.75) is 25.1 Å². The molecule has 2 aliphatic heterocycles. The summed E-state index contributed by atoms with van der Waals surface area (Å²) in [5.41, 5.74) is 1.83. The number of methoxy groups -OCH3 is 1. The van der Waals surface area contributed by atoms with Crippen LogP contribution in [0, 0.1) is 0 Å². The molecule has 1 saturated heterocycles. The SMILES string of the molecule is COC(=O)c1ccc2c(c1)[C@H]1C[C@@](C)(O2)N(c2ccccc2)C(=S)N1. The second kappa shape index (κ2) is 5.74. The Bertz CT molecular complexity index is 855. The zero-order chi connectivity index (χ0) is 17.6. The number of nitrogens with one attached hydrogen (secondary N) is 1. The van der Waals surface area contributed by atoms with Crippen LogP contribution in [0.15, 0.2) is 48.5 Å². The van der Waals surface area contributed by atoms with E-state index in [1.807, 2.05) is 54.3 Å². The number of thiocarbonyl (C=S) groups is 1. The number of fused-ring (bicyclic) bond motifs is 4. The van der Waals surface area contributed by atoms with Crippen LogP contribution in [0.2, 0.25) is 0 Å². The summed E-state index contributed by atoms with van der Waals surface area (Å²) in [5.74, 6) is 0.391. The molecule has 128 valence electrons. The van der Waals surface area contributed by atoms with Crippen LogP contribution in [0.3, 0.4) is 0 Å². The van der Waals surface area contributed by atoms with Crippen molar-refractivity contribution >= 4 is 29.0 Å². The monoisotopic (exact) mass is 354 g/mol. The van der Waals surface area contributed by atoms with Crippen molar-refractivity contribution in [1.29, 1.82) is 0 Å². The second-order valence-corrected chi connectivity index (χ2v) is 6.79. The quantitative estimate of drug-likeness (QED) is 0.659. The van der Waals surface area contributed by atoms with Gasteiger partial charge >= 0.3 is 5.97 Å². The molecule has 5 nitrogen and oxygen atoms in total. The number of nitrogens with zero attached hydrogens (tertiary/aromatic N) is 1. The molecule has 2 aliphatic rings. The van der Waals surface area contributed by atoms with Crippen molar-refractivity contribution in [3.05, 3.63) is 59.7 Å². The number of carbonyl (C=O) groups is 1. The van der Waals surface area contributed by atoms with Crippen LogP contribution >= 0.6 is 12.2 Å². The van der Waals surface area contributed by atoms with Crippen molar-refractivity contribution in [3.8, 4) is 5.75 Å². The van der Waals surface area contributed by atoms with Gasteiger partial charge in [-0.3, -0.25) is 4.90 Å². The van der Waals surface area contributed by atoms with E-state index in [1.165, 1.54) is 7.11 Å². The molecule has 2 atom stereocenters. The van der Waals surface area contributed by atoms with E-state index in [-0.39, 0.29) is 12.0 Å². The summed E-state index contributed by atoms with van der Waals surface area (Å²) >= 11 is 5.61. The number of rotatable bonds is 2. The summed E-state index contributed by atoms with van der Waals surface area (Å²) in [6.07, 6.45) is 0.708. The van der Waals surface area contributed by atoms with Gasteiger partial charge < -0.3 is 14.8 Å². The first kappa shape index (κ1) is 15.9. The maximum Gasteiger partial charge on any atom is 0.337 e. The van der Waals surface area contributed by atoms with Gasteiger partial charge in [-0.15, -0.1) is 0 Å². The molecule has 0 spiro atoms. The predicted molar refractivity (Wildman–Crippen MR) is 98.8 cm³/mol. The molecule has 2 heterocycles.